The zero-order valence-corrected chi connectivity index (χ0v) is 12.3. The Labute approximate surface area is 113 Å². The number of rotatable bonds is 4. The van der Waals surface area contributed by atoms with Crippen LogP contribution in [0, 0.1) is 13.8 Å². The molecule has 0 aliphatic rings. The number of thiophene rings is 1. The lowest BCUT2D eigenvalue weighted by molar-refractivity contribution is 1.12. The van der Waals surface area contributed by atoms with Gasteiger partial charge in [0.25, 0.3) is 0 Å². The van der Waals surface area contributed by atoms with Gasteiger partial charge in [0, 0.05) is 41.8 Å². The van der Waals surface area contributed by atoms with Crippen LogP contribution >= 0.6 is 11.3 Å². The zero-order chi connectivity index (χ0) is 13.1. The van der Waals surface area contributed by atoms with E-state index in [1.807, 2.05) is 11.3 Å². The molecule has 2 aromatic rings. The van der Waals surface area contributed by atoms with E-state index in [4.69, 9.17) is 0 Å². The first kappa shape index (κ1) is 13.0. The number of benzene rings is 1. The van der Waals surface area contributed by atoms with Crippen LogP contribution in [0.5, 0.6) is 0 Å². The third kappa shape index (κ3) is 3.05. The smallest absolute Gasteiger partial charge is 0.0494 e. The second-order valence-corrected chi connectivity index (χ2v) is 6.13. The Hall–Kier alpha value is -1.48. The van der Waals surface area contributed by atoms with E-state index in [0.29, 0.717) is 0 Å². The van der Waals surface area contributed by atoms with E-state index in [-0.39, 0.29) is 0 Å². The van der Waals surface area contributed by atoms with E-state index in [1.54, 1.807) is 0 Å². The van der Waals surface area contributed by atoms with Crippen LogP contribution in [-0.2, 0) is 6.54 Å². The van der Waals surface area contributed by atoms with Gasteiger partial charge in [0.1, 0.15) is 0 Å². The average Bonchev–Trinajstić information content (AvgIpc) is 2.73. The third-order valence-corrected chi connectivity index (χ3v) is 3.98. The predicted octanol–water partition coefficient (Wildman–Crippen LogP) is 4.04. The molecule has 0 aliphatic carbocycles. The van der Waals surface area contributed by atoms with E-state index in [2.05, 4.69) is 68.5 Å². The van der Waals surface area contributed by atoms with Gasteiger partial charge in [-0.25, -0.2) is 0 Å². The SMILES string of the molecule is Cc1ccc(CNc2ccc(N(C)C)cc2C)s1. The Morgan fingerprint density at radius 2 is 1.89 bits per heavy atom. The fraction of sp³-hybridized carbons (Fsp3) is 0.333. The van der Waals surface area contributed by atoms with Crippen LogP contribution in [0.1, 0.15) is 15.3 Å². The highest BCUT2D eigenvalue weighted by molar-refractivity contribution is 7.11. The number of hydrogen-bond donors (Lipinski definition) is 1. The van der Waals surface area contributed by atoms with Gasteiger partial charge in [0.2, 0.25) is 0 Å². The van der Waals surface area contributed by atoms with Crippen molar-refractivity contribution in [3.8, 4) is 0 Å². The Balaban J connectivity index is 2.05. The predicted molar refractivity (Wildman–Crippen MR) is 81.9 cm³/mol. The average molecular weight is 260 g/mol. The van der Waals surface area contributed by atoms with Crippen molar-refractivity contribution in [3.63, 3.8) is 0 Å². The molecule has 0 saturated heterocycles. The van der Waals surface area contributed by atoms with Crippen LogP contribution in [-0.4, -0.2) is 14.1 Å². The number of hydrogen-bond acceptors (Lipinski definition) is 3. The molecule has 0 atom stereocenters. The molecule has 0 amide bonds. The van der Waals surface area contributed by atoms with Gasteiger partial charge < -0.3 is 10.2 Å². The lowest BCUT2D eigenvalue weighted by Crippen LogP contribution is -2.09. The van der Waals surface area contributed by atoms with Crippen LogP contribution in [0.15, 0.2) is 30.3 Å². The quantitative estimate of drug-likeness (QED) is 0.892. The summed E-state index contributed by atoms with van der Waals surface area (Å²) in [7, 11) is 4.13. The standard InChI is InChI=1S/C15H20N2S/c1-11-9-13(17(3)4)6-8-15(11)16-10-14-7-5-12(2)18-14/h5-9,16H,10H2,1-4H3. The van der Waals surface area contributed by atoms with Crippen molar-refractivity contribution in [2.75, 3.05) is 24.3 Å². The Morgan fingerprint density at radius 1 is 1.11 bits per heavy atom. The second kappa shape index (κ2) is 5.44. The fourth-order valence-electron chi connectivity index (χ4n) is 1.89. The molecule has 1 N–H and O–H groups in total. The molecule has 1 heterocycles. The summed E-state index contributed by atoms with van der Waals surface area (Å²) in [4.78, 5) is 4.87. The Kier molecular flexibility index (Phi) is 3.92. The zero-order valence-electron chi connectivity index (χ0n) is 11.4. The summed E-state index contributed by atoms with van der Waals surface area (Å²) in [6, 6.07) is 10.9. The molecule has 0 fully saturated rings. The molecule has 18 heavy (non-hydrogen) atoms. The molecule has 0 saturated carbocycles. The summed E-state index contributed by atoms with van der Waals surface area (Å²) in [6.45, 7) is 5.20. The number of nitrogens with one attached hydrogen (secondary N) is 1. The van der Waals surface area contributed by atoms with Gasteiger partial charge in [-0.05, 0) is 49.7 Å². The summed E-state index contributed by atoms with van der Waals surface area (Å²) in [5, 5.41) is 3.50. The van der Waals surface area contributed by atoms with Gasteiger partial charge in [-0.2, -0.15) is 0 Å². The number of aryl methyl sites for hydroxylation is 2. The monoisotopic (exact) mass is 260 g/mol. The molecular weight excluding hydrogens is 240 g/mol. The van der Waals surface area contributed by atoms with Crippen molar-refractivity contribution in [3.05, 3.63) is 45.6 Å². The largest absolute Gasteiger partial charge is 0.380 e. The van der Waals surface area contributed by atoms with Crippen molar-refractivity contribution in [1.82, 2.24) is 0 Å². The molecule has 3 heteroatoms. The molecule has 0 radical (unpaired) electrons. The highest BCUT2D eigenvalue weighted by Crippen LogP contribution is 2.23. The topological polar surface area (TPSA) is 15.3 Å². The molecule has 1 aromatic heterocycles. The van der Waals surface area contributed by atoms with E-state index in [1.165, 1.54) is 26.7 Å². The maximum Gasteiger partial charge on any atom is 0.0494 e. The van der Waals surface area contributed by atoms with Crippen LogP contribution < -0.4 is 10.2 Å². The number of anilines is 2. The first-order chi connectivity index (χ1) is 8.56. The van der Waals surface area contributed by atoms with E-state index < -0.39 is 0 Å². The van der Waals surface area contributed by atoms with Crippen LogP contribution in [0.3, 0.4) is 0 Å². The molecule has 0 aliphatic heterocycles. The van der Waals surface area contributed by atoms with Gasteiger partial charge in [0.15, 0.2) is 0 Å². The normalized spacial score (nSPS) is 10.4. The highest BCUT2D eigenvalue weighted by Gasteiger charge is 2.02. The van der Waals surface area contributed by atoms with Crippen LogP contribution in [0.2, 0.25) is 0 Å². The number of nitrogens with zero attached hydrogens (tertiary/aromatic N) is 1. The van der Waals surface area contributed by atoms with Gasteiger partial charge in [0.05, 0.1) is 0 Å². The maximum atomic E-state index is 3.50. The lowest BCUT2D eigenvalue weighted by atomic mass is 10.1. The summed E-state index contributed by atoms with van der Waals surface area (Å²) in [5.74, 6) is 0. The first-order valence-electron chi connectivity index (χ1n) is 6.13. The van der Waals surface area contributed by atoms with Crippen LogP contribution in [0.25, 0.3) is 0 Å². The van der Waals surface area contributed by atoms with Gasteiger partial charge in [-0.15, -0.1) is 11.3 Å². The molecule has 0 spiro atoms. The van der Waals surface area contributed by atoms with E-state index in [0.717, 1.165) is 6.54 Å². The molecule has 2 rings (SSSR count). The second-order valence-electron chi connectivity index (χ2n) is 4.76. The molecule has 1 aromatic carbocycles. The van der Waals surface area contributed by atoms with Crippen LogP contribution in [0.4, 0.5) is 11.4 Å². The highest BCUT2D eigenvalue weighted by atomic mass is 32.1. The van der Waals surface area contributed by atoms with Gasteiger partial charge >= 0.3 is 0 Å². The Bertz CT molecular complexity index is 529. The summed E-state index contributed by atoms with van der Waals surface area (Å²) < 4.78 is 0. The minimum Gasteiger partial charge on any atom is -0.380 e. The minimum absolute atomic E-state index is 0.903. The molecule has 2 nitrogen and oxygen atoms in total. The summed E-state index contributed by atoms with van der Waals surface area (Å²) >= 11 is 1.85. The van der Waals surface area contributed by atoms with Crippen molar-refractivity contribution < 1.29 is 0 Å². The van der Waals surface area contributed by atoms with Crippen molar-refractivity contribution in [2.24, 2.45) is 0 Å². The van der Waals surface area contributed by atoms with E-state index >= 15 is 0 Å². The minimum atomic E-state index is 0.903. The van der Waals surface area contributed by atoms with E-state index in [9.17, 15) is 0 Å². The third-order valence-electron chi connectivity index (χ3n) is 2.98. The molecule has 0 unspecified atom stereocenters. The molecular formula is C15H20N2S. The van der Waals surface area contributed by atoms with Gasteiger partial charge in [-0.3, -0.25) is 0 Å². The van der Waals surface area contributed by atoms with Crippen molar-refractivity contribution >= 4 is 22.7 Å². The molecule has 0 bridgehead atoms. The summed E-state index contributed by atoms with van der Waals surface area (Å²) in [5.41, 5.74) is 3.74. The lowest BCUT2D eigenvalue weighted by Gasteiger charge is -2.15. The Morgan fingerprint density at radius 3 is 2.44 bits per heavy atom. The van der Waals surface area contributed by atoms with Crippen molar-refractivity contribution in [2.45, 2.75) is 20.4 Å². The summed E-state index contributed by atoms with van der Waals surface area (Å²) in [6.07, 6.45) is 0. The molecule has 96 valence electrons. The fourth-order valence-corrected chi connectivity index (χ4v) is 2.72. The van der Waals surface area contributed by atoms with Gasteiger partial charge in [-0.1, -0.05) is 0 Å². The first-order valence-corrected chi connectivity index (χ1v) is 6.95. The maximum absolute atomic E-state index is 3.50. The van der Waals surface area contributed by atoms with Crippen molar-refractivity contribution in [1.29, 1.82) is 0 Å².